The summed E-state index contributed by atoms with van der Waals surface area (Å²) in [6, 6.07) is 12.0. The normalized spacial score (nSPS) is 12.2. The minimum Gasteiger partial charge on any atom is -0.489 e. The molecule has 2 nitrogen and oxygen atoms in total. The summed E-state index contributed by atoms with van der Waals surface area (Å²) >= 11 is 0. The minimum absolute atomic E-state index is 0.471. The van der Waals surface area contributed by atoms with Crippen molar-refractivity contribution < 1.29 is 9.84 Å². The summed E-state index contributed by atoms with van der Waals surface area (Å²) in [5.41, 5.74) is 5.90. The van der Waals surface area contributed by atoms with Crippen molar-refractivity contribution in [2.24, 2.45) is 0 Å². The van der Waals surface area contributed by atoms with Crippen LogP contribution in [0, 0.1) is 20.8 Å². The Morgan fingerprint density at radius 3 is 2.30 bits per heavy atom. The van der Waals surface area contributed by atoms with Gasteiger partial charge in [0, 0.05) is 0 Å². The molecule has 0 spiro atoms. The van der Waals surface area contributed by atoms with E-state index in [1.165, 1.54) is 22.3 Å². The largest absolute Gasteiger partial charge is 0.489 e. The Kier molecular flexibility index (Phi) is 4.46. The second-order valence-electron chi connectivity index (χ2n) is 5.41. The lowest BCUT2D eigenvalue weighted by molar-refractivity contribution is 0.198. The fourth-order valence-electron chi connectivity index (χ4n) is 2.46. The quantitative estimate of drug-likeness (QED) is 0.900. The Hall–Kier alpha value is -1.80. The average molecular weight is 270 g/mol. The second-order valence-corrected chi connectivity index (χ2v) is 5.41. The molecule has 0 saturated carbocycles. The molecule has 0 amide bonds. The third-order valence-corrected chi connectivity index (χ3v) is 3.56. The van der Waals surface area contributed by atoms with Crippen molar-refractivity contribution in [1.29, 1.82) is 0 Å². The molecule has 2 rings (SSSR count). The third kappa shape index (κ3) is 3.40. The average Bonchev–Trinajstić information content (AvgIpc) is 2.37. The lowest BCUT2D eigenvalue weighted by Crippen LogP contribution is -2.02. The molecule has 0 heterocycles. The summed E-state index contributed by atoms with van der Waals surface area (Å²) in [6.45, 7) is 8.65. The first-order valence-electron chi connectivity index (χ1n) is 6.95. The molecule has 0 aliphatic rings. The van der Waals surface area contributed by atoms with Gasteiger partial charge in [-0.15, -0.1) is 0 Å². The Labute approximate surface area is 121 Å². The Balaban J connectivity index is 2.15. The fourth-order valence-corrected chi connectivity index (χ4v) is 2.46. The highest BCUT2D eigenvalue weighted by molar-refractivity contribution is 5.37. The van der Waals surface area contributed by atoms with Crippen molar-refractivity contribution in [3.05, 3.63) is 64.2 Å². The molecule has 2 aromatic carbocycles. The van der Waals surface area contributed by atoms with Crippen molar-refractivity contribution in [3.8, 4) is 5.75 Å². The van der Waals surface area contributed by atoms with E-state index in [0.29, 0.717) is 6.61 Å². The van der Waals surface area contributed by atoms with Crippen molar-refractivity contribution in [3.63, 3.8) is 0 Å². The van der Waals surface area contributed by atoms with Gasteiger partial charge in [0.2, 0.25) is 0 Å². The van der Waals surface area contributed by atoms with Gasteiger partial charge in [-0.2, -0.15) is 0 Å². The van der Waals surface area contributed by atoms with Crippen molar-refractivity contribution in [1.82, 2.24) is 0 Å². The summed E-state index contributed by atoms with van der Waals surface area (Å²) in [5.74, 6) is 0.794. The number of aryl methyl sites for hydroxylation is 3. The number of hydrogen-bond acceptors (Lipinski definition) is 2. The van der Waals surface area contributed by atoms with Gasteiger partial charge in [-0.25, -0.2) is 0 Å². The standard InChI is InChI=1S/C18H22O2/c1-12-8-13(2)18(14(3)9-12)11-20-17-7-5-6-16(10-17)15(4)19/h5-10,15,19H,11H2,1-4H3. The lowest BCUT2D eigenvalue weighted by Gasteiger charge is -2.14. The fraction of sp³-hybridized carbons (Fsp3) is 0.333. The van der Waals surface area contributed by atoms with E-state index in [1.807, 2.05) is 24.3 Å². The number of ether oxygens (including phenoxy) is 1. The first-order valence-corrected chi connectivity index (χ1v) is 6.95. The molecule has 0 fully saturated rings. The van der Waals surface area contributed by atoms with E-state index < -0.39 is 6.10 Å². The van der Waals surface area contributed by atoms with Crippen LogP contribution < -0.4 is 4.74 Å². The molecule has 0 aliphatic carbocycles. The molecule has 0 radical (unpaired) electrons. The molecule has 1 unspecified atom stereocenters. The molecule has 2 heteroatoms. The monoisotopic (exact) mass is 270 g/mol. The minimum atomic E-state index is -0.471. The van der Waals surface area contributed by atoms with Crippen LogP contribution in [-0.4, -0.2) is 5.11 Å². The van der Waals surface area contributed by atoms with Crippen LogP contribution in [-0.2, 0) is 6.61 Å². The molecule has 0 saturated heterocycles. The molecule has 0 aliphatic heterocycles. The highest BCUT2D eigenvalue weighted by atomic mass is 16.5. The van der Waals surface area contributed by atoms with Gasteiger partial charge >= 0.3 is 0 Å². The van der Waals surface area contributed by atoms with Gasteiger partial charge in [-0.05, 0) is 62.1 Å². The molecule has 20 heavy (non-hydrogen) atoms. The van der Waals surface area contributed by atoms with E-state index >= 15 is 0 Å². The van der Waals surface area contributed by atoms with Crippen molar-refractivity contribution in [2.75, 3.05) is 0 Å². The van der Waals surface area contributed by atoms with E-state index in [0.717, 1.165) is 11.3 Å². The maximum Gasteiger partial charge on any atom is 0.120 e. The molecule has 1 atom stereocenters. The predicted octanol–water partition coefficient (Wildman–Crippen LogP) is 4.24. The number of hydrogen-bond donors (Lipinski definition) is 1. The zero-order valence-electron chi connectivity index (χ0n) is 12.6. The zero-order chi connectivity index (χ0) is 14.7. The Morgan fingerprint density at radius 2 is 1.70 bits per heavy atom. The molecular weight excluding hydrogens is 248 g/mol. The van der Waals surface area contributed by atoms with E-state index in [9.17, 15) is 5.11 Å². The predicted molar refractivity (Wildman–Crippen MR) is 82.1 cm³/mol. The Bertz CT molecular complexity index is 577. The van der Waals surface area contributed by atoms with E-state index in [4.69, 9.17) is 4.74 Å². The van der Waals surface area contributed by atoms with Crippen LogP contribution in [0.4, 0.5) is 0 Å². The summed E-state index contributed by atoms with van der Waals surface area (Å²) in [7, 11) is 0. The maximum atomic E-state index is 9.60. The first kappa shape index (κ1) is 14.6. The maximum absolute atomic E-state index is 9.60. The van der Waals surface area contributed by atoms with Gasteiger partial charge in [-0.1, -0.05) is 29.8 Å². The van der Waals surface area contributed by atoms with Crippen LogP contribution >= 0.6 is 0 Å². The molecule has 0 bridgehead atoms. The topological polar surface area (TPSA) is 29.5 Å². The van der Waals surface area contributed by atoms with Crippen LogP contribution in [0.25, 0.3) is 0 Å². The summed E-state index contributed by atoms with van der Waals surface area (Å²) < 4.78 is 5.87. The highest BCUT2D eigenvalue weighted by Crippen LogP contribution is 2.22. The van der Waals surface area contributed by atoms with Gasteiger partial charge in [-0.3, -0.25) is 0 Å². The molecule has 1 N–H and O–H groups in total. The van der Waals surface area contributed by atoms with E-state index in [2.05, 4.69) is 32.9 Å². The molecule has 2 aromatic rings. The number of aliphatic hydroxyl groups excluding tert-OH is 1. The number of benzene rings is 2. The van der Waals surface area contributed by atoms with Gasteiger partial charge in [0.15, 0.2) is 0 Å². The summed E-state index contributed by atoms with van der Waals surface area (Å²) in [6.07, 6.45) is -0.471. The zero-order valence-corrected chi connectivity index (χ0v) is 12.6. The summed E-state index contributed by atoms with van der Waals surface area (Å²) in [4.78, 5) is 0. The van der Waals surface area contributed by atoms with Gasteiger partial charge in [0.1, 0.15) is 12.4 Å². The van der Waals surface area contributed by atoms with Crippen molar-refractivity contribution in [2.45, 2.75) is 40.4 Å². The van der Waals surface area contributed by atoms with Crippen LogP contribution in [0.5, 0.6) is 5.75 Å². The van der Waals surface area contributed by atoms with E-state index in [-0.39, 0.29) is 0 Å². The molecule has 0 aromatic heterocycles. The van der Waals surface area contributed by atoms with Crippen LogP contribution in [0.2, 0.25) is 0 Å². The van der Waals surface area contributed by atoms with Gasteiger partial charge < -0.3 is 9.84 Å². The SMILES string of the molecule is Cc1cc(C)c(COc2cccc(C(C)O)c2)c(C)c1. The Morgan fingerprint density at radius 1 is 1.05 bits per heavy atom. The van der Waals surface area contributed by atoms with Crippen molar-refractivity contribution >= 4 is 0 Å². The number of aliphatic hydroxyl groups is 1. The first-order chi connectivity index (χ1) is 9.47. The lowest BCUT2D eigenvalue weighted by atomic mass is 10.0. The van der Waals surface area contributed by atoms with Gasteiger partial charge in [0.05, 0.1) is 6.10 Å². The van der Waals surface area contributed by atoms with E-state index in [1.54, 1.807) is 6.92 Å². The smallest absolute Gasteiger partial charge is 0.120 e. The molecular formula is C18H22O2. The second kappa shape index (κ2) is 6.10. The number of rotatable bonds is 4. The van der Waals surface area contributed by atoms with Crippen LogP contribution in [0.15, 0.2) is 36.4 Å². The van der Waals surface area contributed by atoms with Gasteiger partial charge in [0.25, 0.3) is 0 Å². The van der Waals surface area contributed by atoms with Crippen LogP contribution in [0.3, 0.4) is 0 Å². The summed E-state index contributed by atoms with van der Waals surface area (Å²) in [5, 5.41) is 9.60. The third-order valence-electron chi connectivity index (χ3n) is 3.56. The highest BCUT2D eigenvalue weighted by Gasteiger charge is 2.06. The molecule has 106 valence electrons. The van der Waals surface area contributed by atoms with Crippen LogP contribution in [0.1, 0.15) is 40.8 Å².